The Labute approximate surface area is 195 Å². The molecular formula is C28H31N3O2. The predicted molar refractivity (Wildman–Crippen MR) is 133 cm³/mol. The smallest absolute Gasteiger partial charge is 0.251 e. The summed E-state index contributed by atoms with van der Waals surface area (Å²) in [4.78, 5) is 17.2. The van der Waals surface area contributed by atoms with Gasteiger partial charge >= 0.3 is 0 Å². The summed E-state index contributed by atoms with van der Waals surface area (Å²) >= 11 is 0. The van der Waals surface area contributed by atoms with E-state index < -0.39 is 0 Å². The zero-order chi connectivity index (χ0) is 22.9. The molecule has 0 unspecified atom stereocenters. The minimum absolute atomic E-state index is 0.0587. The molecule has 0 atom stereocenters. The van der Waals surface area contributed by atoms with Crippen LogP contribution >= 0.6 is 0 Å². The molecule has 0 radical (unpaired) electrons. The molecule has 0 saturated carbocycles. The molecule has 5 heteroatoms. The second kappa shape index (κ2) is 11.3. The van der Waals surface area contributed by atoms with Gasteiger partial charge in [-0.05, 0) is 55.2 Å². The van der Waals surface area contributed by atoms with Gasteiger partial charge in [-0.3, -0.25) is 4.79 Å². The summed E-state index contributed by atoms with van der Waals surface area (Å²) in [7, 11) is 1.60. The van der Waals surface area contributed by atoms with Gasteiger partial charge in [-0.1, -0.05) is 55.0 Å². The lowest BCUT2D eigenvalue weighted by Gasteiger charge is -2.10. The average molecular weight is 442 g/mol. The van der Waals surface area contributed by atoms with Crippen LogP contribution in [0.2, 0.25) is 0 Å². The number of fused-ring (bicyclic) bond motifs is 1. The molecule has 0 aliphatic heterocycles. The van der Waals surface area contributed by atoms with Gasteiger partial charge in [0.15, 0.2) is 0 Å². The van der Waals surface area contributed by atoms with Gasteiger partial charge in [-0.15, -0.1) is 0 Å². The number of ether oxygens (including phenoxy) is 1. The SMILES string of the molecule is COc1cccc(C(=O)NCCCCCc2nc3ccccc3n2CCc2ccccc2)c1. The van der Waals surface area contributed by atoms with Crippen molar-refractivity contribution >= 4 is 16.9 Å². The van der Waals surface area contributed by atoms with Crippen molar-refractivity contribution in [1.29, 1.82) is 0 Å². The summed E-state index contributed by atoms with van der Waals surface area (Å²) in [6, 6.07) is 26.2. The number of rotatable bonds is 11. The first-order valence-electron chi connectivity index (χ1n) is 11.6. The third kappa shape index (κ3) is 6.01. The normalized spacial score (nSPS) is 10.9. The molecule has 4 aromatic rings. The van der Waals surface area contributed by atoms with Crippen LogP contribution in [-0.4, -0.2) is 29.1 Å². The largest absolute Gasteiger partial charge is 0.497 e. The Kier molecular flexibility index (Phi) is 7.75. The summed E-state index contributed by atoms with van der Waals surface area (Å²) in [5.41, 5.74) is 4.23. The van der Waals surface area contributed by atoms with Crippen LogP contribution in [0.5, 0.6) is 5.75 Å². The number of carbonyl (C=O) groups is 1. The number of nitrogens with one attached hydrogen (secondary N) is 1. The molecule has 0 bridgehead atoms. The summed E-state index contributed by atoms with van der Waals surface area (Å²) in [5, 5.41) is 3.00. The summed E-state index contributed by atoms with van der Waals surface area (Å²) in [6.45, 7) is 1.59. The van der Waals surface area contributed by atoms with E-state index in [0.29, 0.717) is 17.9 Å². The topological polar surface area (TPSA) is 56.1 Å². The van der Waals surface area contributed by atoms with Gasteiger partial charge in [0.25, 0.3) is 5.91 Å². The second-order valence-corrected chi connectivity index (χ2v) is 8.20. The molecule has 4 rings (SSSR count). The van der Waals surface area contributed by atoms with Crippen molar-refractivity contribution in [2.75, 3.05) is 13.7 Å². The highest BCUT2D eigenvalue weighted by molar-refractivity contribution is 5.94. The highest BCUT2D eigenvalue weighted by Crippen LogP contribution is 2.19. The van der Waals surface area contributed by atoms with E-state index >= 15 is 0 Å². The number of aryl methyl sites for hydroxylation is 3. The third-order valence-electron chi connectivity index (χ3n) is 5.90. The van der Waals surface area contributed by atoms with Gasteiger partial charge in [-0.25, -0.2) is 4.98 Å². The van der Waals surface area contributed by atoms with E-state index in [1.54, 1.807) is 19.2 Å². The number of nitrogens with zero attached hydrogens (tertiary/aromatic N) is 2. The number of benzene rings is 3. The van der Waals surface area contributed by atoms with Gasteiger partial charge in [0.1, 0.15) is 11.6 Å². The van der Waals surface area contributed by atoms with E-state index in [1.165, 1.54) is 11.1 Å². The highest BCUT2D eigenvalue weighted by Gasteiger charge is 2.11. The number of carbonyl (C=O) groups excluding carboxylic acids is 1. The van der Waals surface area contributed by atoms with Crippen molar-refractivity contribution in [3.05, 3.63) is 95.8 Å². The van der Waals surface area contributed by atoms with Gasteiger partial charge in [-0.2, -0.15) is 0 Å². The van der Waals surface area contributed by atoms with E-state index in [2.05, 4.69) is 58.4 Å². The monoisotopic (exact) mass is 441 g/mol. The van der Waals surface area contributed by atoms with Crippen LogP contribution in [0.15, 0.2) is 78.9 Å². The Morgan fingerprint density at radius 3 is 2.58 bits per heavy atom. The molecule has 170 valence electrons. The fourth-order valence-electron chi connectivity index (χ4n) is 4.10. The van der Waals surface area contributed by atoms with Crippen molar-refractivity contribution in [3.8, 4) is 5.75 Å². The number of unbranched alkanes of at least 4 members (excludes halogenated alkanes) is 2. The molecule has 0 aliphatic carbocycles. The molecule has 5 nitrogen and oxygen atoms in total. The van der Waals surface area contributed by atoms with Crippen LogP contribution < -0.4 is 10.1 Å². The predicted octanol–water partition coefficient (Wildman–Crippen LogP) is 5.43. The van der Waals surface area contributed by atoms with Crippen LogP contribution in [-0.2, 0) is 19.4 Å². The molecule has 0 fully saturated rings. The molecule has 0 saturated heterocycles. The summed E-state index contributed by atoms with van der Waals surface area (Å²) in [5.74, 6) is 1.78. The molecule has 1 amide bonds. The first kappa shape index (κ1) is 22.6. The van der Waals surface area contributed by atoms with Gasteiger partial charge in [0.05, 0.1) is 18.1 Å². The maximum absolute atomic E-state index is 12.3. The Morgan fingerprint density at radius 1 is 0.909 bits per heavy atom. The van der Waals surface area contributed by atoms with Crippen molar-refractivity contribution < 1.29 is 9.53 Å². The first-order valence-corrected chi connectivity index (χ1v) is 11.6. The van der Waals surface area contributed by atoms with E-state index in [9.17, 15) is 4.79 Å². The van der Waals surface area contributed by atoms with Gasteiger partial charge < -0.3 is 14.6 Å². The Bertz CT molecular complexity index is 1180. The van der Waals surface area contributed by atoms with Crippen LogP contribution in [0, 0.1) is 0 Å². The van der Waals surface area contributed by atoms with Crippen LogP contribution in [0.3, 0.4) is 0 Å². The Balaban J connectivity index is 1.28. The highest BCUT2D eigenvalue weighted by atomic mass is 16.5. The summed E-state index contributed by atoms with van der Waals surface area (Å²) < 4.78 is 7.56. The number of hydrogen-bond donors (Lipinski definition) is 1. The number of para-hydroxylation sites is 2. The van der Waals surface area contributed by atoms with Crippen LogP contribution in [0.4, 0.5) is 0 Å². The van der Waals surface area contributed by atoms with E-state index in [-0.39, 0.29) is 5.91 Å². The number of amides is 1. The van der Waals surface area contributed by atoms with Crippen LogP contribution in [0.25, 0.3) is 11.0 Å². The molecule has 33 heavy (non-hydrogen) atoms. The van der Waals surface area contributed by atoms with E-state index in [0.717, 1.165) is 50.0 Å². The zero-order valence-corrected chi connectivity index (χ0v) is 19.2. The third-order valence-corrected chi connectivity index (χ3v) is 5.90. The molecule has 3 aromatic carbocycles. The fourth-order valence-corrected chi connectivity index (χ4v) is 4.10. The van der Waals surface area contributed by atoms with E-state index in [1.807, 2.05) is 18.2 Å². The molecule has 1 N–H and O–H groups in total. The minimum atomic E-state index is -0.0587. The maximum atomic E-state index is 12.3. The van der Waals surface area contributed by atoms with Crippen LogP contribution in [0.1, 0.15) is 41.0 Å². The molecule has 1 aromatic heterocycles. The standard InChI is InChI=1S/C28H31N3O2/c1-33-24-14-10-13-23(21-24)28(32)29-19-9-3-6-17-27-30-25-15-7-8-16-26(25)31(27)20-18-22-11-4-2-5-12-22/h2,4-5,7-8,10-16,21H,3,6,9,17-20H2,1H3,(H,29,32). The van der Waals surface area contributed by atoms with E-state index in [4.69, 9.17) is 9.72 Å². The number of hydrogen-bond acceptors (Lipinski definition) is 3. The van der Waals surface area contributed by atoms with Gasteiger partial charge in [0, 0.05) is 25.1 Å². The number of methoxy groups -OCH3 is 1. The van der Waals surface area contributed by atoms with Crippen molar-refractivity contribution in [1.82, 2.24) is 14.9 Å². The lowest BCUT2D eigenvalue weighted by Crippen LogP contribution is -2.24. The fraction of sp³-hybridized carbons (Fsp3) is 0.286. The lowest BCUT2D eigenvalue weighted by atomic mass is 10.1. The molecule has 0 spiro atoms. The average Bonchev–Trinajstić information content (AvgIpc) is 3.22. The quantitative estimate of drug-likeness (QED) is 0.316. The Morgan fingerprint density at radius 2 is 1.73 bits per heavy atom. The second-order valence-electron chi connectivity index (χ2n) is 8.20. The number of imidazole rings is 1. The Hall–Kier alpha value is -3.60. The minimum Gasteiger partial charge on any atom is -0.497 e. The van der Waals surface area contributed by atoms with Crippen molar-refractivity contribution in [2.45, 2.75) is 38.6 Å². The zero-order valence-electron chi connectivity index (χ0n) is 19.2. The number of aromatic nitrogens is 2. The van der Waals surface area contributed by atoms with Crippen molar-refractivity contribution in [2.24, 2.45) is 0 Å². The molecule has 0 aliphatic rings. The maximum Gasteiger partial charge on any atom is 0.251 e. The van der Waals surface area contributed by atoms with Gasteiger partial charge in [0.2, 0.25) is 0 Å². The molecular weight excluding hydrogens is 410 g/mol. The first-order chi connectivity index (χ1) is 16.2. The summed E-state index contributed by atoms with van der Waals surface area (Å²) in [6.07, 6.45) is 4.96. The lowest BCUT2D eigenvalue weighted by molar-refractivity contribution is 0.0952. The van der Waals surface area contributed by atoms with Crippen molar-refractivity contribution in [3.63, 3.8) is 0 Å². The molecule has 1 heterocycles.